The summed E-state index contributed by atoms with van der Waals surface area (Å²) in [5.41, 5.74) is 4.13. The number of carbonyl (C=O) groups is 1. The Balaban J connectivity index is 1.82. The van der Waals surface area contributed by atoms with Crippen LogP contribution in [0.3, 0.4) is 0 Å². The molecule has 1 atom stereocenters. The largest absolute Gasteiger partial charge is 0.497 e. The number of carbonyl (C=O) groups excluding carboxylic acids is 1. The summed E-state index contributed by atoms with van der Waals surface area (Å²) in [7, 11) is -2.27. The van der Waals surface area contributed by atoms with E-state index in [1.165, 1.54) is 6.07 Å². The van der Waals surface area contributed by atoms with Crippen LogP contribution in [-0.4, -0.2) is 21.4 Å². The maximum absolute atomic E-state index is 13.1. The van der Waals surface area contributed by atoms with E-state index in [2.05, 4.69) is 10.0 Å². The molecule has 3 aromatic carbocycles. The highest BCUT2D eigenvalue weighted by Gasteiger charge is 2.21. The molecule has 7 heteroatoms. The second-order valence-electron chi connectivity index (χ2n) is 7.87. The van der Waals surface area contributed by atoms with E-state index < -0.39 is 10.0 Å². The Morgan fingerprint density at radius 2 is 1.59 bits per heavy atom. The molecule has 168 valence electrons. The van der Waals surface area contributed by atoms with Crippen LogP contribution in [0.2, 0.25) is 0 Å². The fraction of sp³-hybridized carbons (Fsp3) is 0.240. The molecule has 3 aromatic rings. The molecule has 0 unspecified atom stereocenters. The summed E-state index contributed by atoms with van der Waals surface area (Å²) >= 11 is 0. The van der Waals surface area contributed by atoms with E-state index in [-0.39, 0.29) is 22.4 Å². The summed E-state index contributed by atoms with van der Waals surface area (Å²) in [4.78, 5) is 12.9. The lowest BCUT2D eigenvalue weighted by Crippen LogP contribution is -2.27. The van der Waals surface area contributed by atoms with Gasteiger partial charge in [0.15, 0.2) is 0 Å². The number of ether oxygens (including phenoxy) is 1. The van der Waals surface area contributed by atoms with Gasteiger partial charge in [-0.05, 0) is 74.7 Å². The maximum Gasteiger partial charge on any atom is 0.262 e. The van der Waals surface area contributed by atoms with Crippen molar-refractivity contribution in [2.45, 2.75) is 38.6 Å². The fourth-order valence-electron chi connectivity index (χ4n) is 3.41. The third-order valence-corrected chi connectivity index (χ3v) is 6.84. The molecule has 0 aliphatic carbocycles. The zero-order valence-corrected chi connectivity index (χ0v) is 19.7. The third kappa shape index (κ3) is 5.29. The summed E-state index contributed by atoms with van der Waals surface area (Å²) in [6.45, 7) is 7.37. The summed E-state index contributed by atoms with van der Waals surface area (Å²) in [5.74, 6) is 0.383. The highest BCUT2D eigenvalue weighted by molar-refractivity contribution is 7.92. The van der Waals surface area contributed by atoms with E-state index in [1.54, 1.807) is 32.2 Å². The number of methoxy groups -OCH3 is 1. The molecule has 3 rings (SSSR count). The summed E-state index contributed by atoms with van der Waals surface area (Å²) in [6, 6.07) is 17.3. The van der Waals surface area contributed by atoms with Crippen LogP contribution in [0.15, 0.2) is 65.6 Å². The van der Waals surface area contributed by atoms with Gasteiger partial charge in [-0.15, -0.1) is 0 Å². The number of benzene rings is 3. The van der Waals surface area contributed by atoms with Gasteiger partial charge in [0, 0.05) is 5.56 Å². The quantitative estimate of drug-likeness (QED) is 0.533. The highest BCUT2D eigenvalue weighted by Crippen LogP contribution is 2.24. The standard InChI is InChI=1S/C25H28N2O4S/c1-16-6-13-23(18(3)14-16)27-32(29,30)24-15-21(8-7-17(24)2)25(28)26-19(4)20-9-11-22(31-5)12-10-20/h6-15,19,27H,1-5H3,(H,26,28)/t19-/m1/s1. The molecule has 0 fully saturated rings. The van der Waals surface area contributed by atoms with Gasteiger partial charge >= 0.3 is 0 Å². The fourth-order valence-corrected chi connectivity index (χ4v) is 4.82. The molecule has 0 aliphatic heterocycles. The molecule has 0 saturated carbocycles. The van der Waals surface area contributed by atoms with Crippen molar-refractivity contribution in [2.75, 3.05) is 11.8 Å². The van der Waals surface area contributed by atoms with Crippen molar-refractivity contribution in [3.8, 4) is 5.75 Å². The molecular weight excluding hydrogens is 424 g/mol. The number of hydrogen-bond donors (Lipinski definition) is 2. The van der Waals surface area contributed by atoms with Crippen molar-refractivity contribution in [1.82, 2.24) is 5.32 Å². The van der Waals surface area contributed by atoms with Gasteiger partial charge in [0.2, 0.25) is 0 Å². The summed E-state index contributed by atoms with van der Waals surface area (Å²) in [6.07, 6.45) is 0. The first-order valence-electron chi connectivity index (χ1n) is 10.3. The minimum Gasteiger partial charge on any atom is -0.497 e. The molecule has 0 heterocycles. The topological polar surface area (TPSA) is 84.5 Å². The molecule has 0 aliphatic rings. The molecule has 0 aromatic heterocycles. The van der Waals surface area contributed by atoms with Gasteiger partial charge < -0.3 is 10.1 Å². The van der Waals surface area contributed by atoms with Crippen molar-refractivity contribution < 1.29 is 17.9 Å². The number of hydrogen-bond acceptors (Lipinski definition) is 4. The van der Waals surface area contributed by atoms with E-state index in [1.807, 2.05) is 57.2 Å². The smallest absolute Gasteiger partial charge is 0.262 e. The van der Waals surface area contributed by atoms with Crippen molar-refractivity contribution >= 4 is 21.6 Å². The van der Waals surface area contributed by atoms with Crippen molar-refractivity contribution in [3.63, 3.8) is 0 Å². The first-order valence-corrected chi connectivity index (χ1v) is 11.7. The number of nitrogens with one attached hydrogen (secondary N) is 2. The van der Waals surface area contributed by atoms with Crippen LogP contribution in [0.5, 0.6) is 5.75 Å². The Bertz CT molecular complexity index is 1240. The van der Waals surface area contributed by atoms with Crippen LogP contribution in [0.4, 0.5) is 5.69 Å². The average Bonchev–Trinajstić information content (AvgIpc) is 2.75. The minimum absolute atomic E-state index is 0.0715. The lowest BCUT2D eigenvalue weighted by molar-refractivity contribution is 0.0939. The van der Waals surface area contributed by atoms with Gasteiger partial charge in [-0.1, -0.05) is 35.9 Å². The molecule has 0 radical (unpaired) electrons. The number of sulfonamides is 1. The molecule has 0 spiro atoms. The van der Waals surface area contributed by atoms with Gasteiger partial charge in [0.05, 0.1) is 23.7 Å². The monoisotopic (exact) mass is 452 g/mol. The van der Waals surface area contributed by atoms with Gasteiger partial charge in [0.25, 0.3) is 15.9 Å². The van der Waals surface area contributed by atoms with E-state index >= 15 is 0 Å². The lowest BCUT2D eigenvalue weighted by Gasteiger charge is -2.16. The SMILES string of the molecule is COc1ccc([C@@H](C)NC(=O)c2ccc(C)c(S(=O)(=O)Nc3ccc(C)cc3C)c2)cc1. The number of aryl methyl sites for hydroxylation is 3. The van der Waals surface area contributed by atoms with E-state index in [0.29, 0.717) is 11.3 Å². The summed E-state index contributed by atoms with van der Waals surface area (Å²) in [5, 5.41) is 2.92. The number of amides is 1. The Morgan fingerprint density at radius 3 is 2.22 bits per heavy atom. The first-order chi connectivity index (χ1) is 15.1. The average molecular weight is 453 g/mol. The zero-order chi connectivity index (χ0) is 23.5. The van der Waals surface area contributed by atoms with E-state index in [9.17, 15) is 13.2 Å². The molecule has 1 amide bonds. The number of rotatable bonds is 7. The Hall–Kier alpha value is -3.32. The Kier molecular flexibility index (Phi) is 6.89. The van der Waals surface area contributed by atoms with Gasteiger partial charge in [-0.3, -0.25) is 9.52 Å². The molecule has 0 saturated heterocycles. The second kappa shape index (κ2) is 9.44. The van der Waals surface area contributed by atoms with Crippen LogP contribution in [0.25, 0.3) is 0 Å². The van der Waals surface area contributed by atoms with Crippen LogP contribution >= 0.6 is 0 Å². The van der Waals surface area contributed by atoms with Gasteiger partial charge in [-0.25, -0.2) is 8.42 Å². The minimum atomic E-state index is -3.87. The molecule has 0 bridgehead atoms. The van der Waals surface area contributed by atoms with Gasteiger partial charge in [-0.2, -0.15) is 0 Å². The predicted octanol–water partition coefficient (Wildman–Crippen LogP) is 4.91. The molecule has 2 N–H and O–H groups in total. The highest BCUT2D eigenvalue weighted by atomic mass is 32.2. The summed E-state index contributed by atoms with van der Waals surface area (Å²) < 4.78 is 34.0. The predicted molar refractivity (Wildman–Crippen MR) is 127 cm³/mol. The van der Waals surface area contributed by atoms with Gasteiger partial charge in [0.1, 0.15) is 5.75 Å². The normalized spacial score (nSPS) is 12.2. The lowest BCUT2D eigenvalue weighted by atomic mass is 10.1. The molecular formula is C25H28N2O4S. The zero-order valence-electron chi connectivity index (χ0n) is 18.9. The van der Waals surface area contributed by atoms with Crippen LogP contribution < -0.4 is 14.8 Å². The van der Waals surface area contributed by atoms with E-state index in [0.717, 1.165) is 22.4 Å². The maximum atomic E-state index is 13.1. The molecule has 32 heavy (non-hydrogen) atoms. The van der Waals surface area contributed by atoms with Crippen LogP contribution in [0, 0.1) is 20.8 Å². The third-order valence-electron chi connectivity index (χ3n) is 5.33. The second-order valence-corrected chi connectivity index (χ2v) is 9.52. The van der Waals surface area contributed by atoms with Crippen molar-refractivity contribution in [1.29, 1.82) is 0 Å². The van der Waals surface area contributed by atoms with Crippen LogP contribution in [0.1, 0.15) is 45.6 Å². The first kappa shape index (κ1) is 23.3. The van der Waals surface area contributed by atoms with Crippen LogP contribution in [-0.2, 0) is 10.0 Å². The Morgan fingerprint density at radius 1 is 0.906 bits per heavy atom. The van der Waals surface area contributed by atoms with Crippen molar-refractivity contribution in [3.05, 3.63) is 88.5 Å². The molecule has 6 nitrogen and oxygen atoms in total. The number of anilines is 1. The Labute approximate surface area is 189 Å². The van der Waals surface area contributed by atoms with E-state index in [4.69, 9.17) is 4.74 Å². The van der Waals surface area contributed by atoms with Crippen molar-refractivity contribution in [2.24, 2.45) is 0 Å².